The van der Waals surface area contributed by atoms with Crippen molar-refractivity contribution in [1.82, 2.24) is 0 Å². The zero-order chi connectivity index (χ0) is 15.3. The van der Waals surface area contributed by atoms with Gasteiger partial charge in [0.05, 0.1) is 0 Å². The normalized spacial score (nSPS) is 22.9. The quantitative estimate of drug-likeness (QED) is 0.649. The van der Waals surface area contributed by atoms with E-state index in [2.05, 4.69) is 69.0 Å². The molecule has 2 aromatic carbocycles. The van der Waals surface area contributed by atoms with Gasteiger partial charge in [-0.3, -0.25) is 0 Å². The highest BCUT2D eigenvalue weighted by atomic mass is 14.4. The molecular formula is C22H22. The summed E-state index contributed by atoms with van der Waals surface area (Å²) in [7, 11) is 0. The Balaban J connectivity index is 1.64. The molecule has 0 fully saturated rings. The highest BCUT2D eigenvalue weighted by Gasteiger charge is 2.32. The Morgan fingerprint density at radius 2 is 1.68 bits per heavy atom. The second kappa shape index (κ2) is 4.98. The lowest BCUT2D eigenvalue weighted by Crippen LogP contribution is -2.06. The summed E-state index contributed by atoms with van der Waals surface area (Å²) < 4.78 is 0. The molecule has 0 bridgehead atoms. The molecule has 0 spiro atoms. The molecule has 0 nitrogen and oxygen atoms in total. The van der Waals surface area contributed by atoms with Gasteiger partial charge in [-0.15, -0.1) is 0 Å². The first-order valence-corrected chi connectivity index (χ1v) is 8.23. The molecule has 0 saturated heterocycles. The Labute approximate surface area is 133 Å². The molecule has 0 radical (unpaired) electrons. The molecule has 2 unspecified atom stereocenters. The molecule has 0 amide bonds. The van der Waals surface area contributed by atoms with Crippen LogP contribution in [0.2, 0.25) is 0 Å². The molecule has 0 heterocycles. The van der Waals surface area contributed by atoms with Crippen LogP contribution in [-0.2, 0) is 6.42 Å². The molecule has 0 aromatic heterocycles. The Kier molecular flexibility index (Phi) is 3.07. The van der Waals surface area contributed by atoms with E-state index in [1.807, 2.05) is 0 Å². The Hall–Kier alpha value is -2.08. The van der Waals surface area contributed by atoms with Crippen LogP contribution in [0.15, 0.2) is 60.7 Å². The van der Waals surface area contributed by atoms with Crippen LogP contribution in [-0.4, -0.2) is 0 Å². The molecule has 0 heteroatoms. The van der Waals surface area contributed by atoms with E-state index < -0.39 is 0 Å². The lowest BCUT2D eigenvalue weighted by molar-refractivity contribution is 0.484. The summed E-state index contributed by atoms with van der Waals surface area (Å²) in [5, 5.41) is 0. The van der Waals surface area contributed by atoms with Crippen molar-refractivity contribution in [2.75, 3.05) is 0 Å². The number of allylic oxidation sites excluding steroid dienone is 3. The van der Waals surface area contributed by atoms with Gasteiger partial charge < -0.3 is 0 Å². The van der Waals surface area contributed by atoms with E-state index in [9.17, 15) is 0 Å². The number of benzene rings is 2. The second-order valence-corrected chi connectivity index (χ2v) is 6.78. The third-order valence-corrected chi connectivity index (χ3v) is 5.67. The van der Waals surface area contributed by atoms with E-state index in [0.717, 1.165) is 6.42 Å². The number of fused-ring (bicyclic) bond motifs is 2. The maximum atomic E-state index is 4.39. The van der Waals surface area contributed by atoms with Gasteiger partial charge >= 0.3 is 0 Å². The summed E-state index contributed by atoms with van der Waals surface area (Å²) in [6.45, 7) is 9.03. The van der Waals surface area contributed by atoms with Crippen molar-refractivity contribution < 1.29 is 0 Å². The van der Waals surface area contributed by atoms with Crippen LogP contribution >= 0.6 is 0 Å². The van der Waals surface area contributed by atoms with E-state index in [-0.39, 0.29) is 0 Å². The van der Waals surface area contributed by atoms with E-state index in [1.54, 1.807) is 11.1 Å². The molecular weight excluding hydrogens is 264 g/mol. The molecule has 4 rings (SSSR count). The summed E-state index contributed by atoms with van der Waals surface area (Å²) >= 11 is 0. The Bertz CT molecular complexity index is 791. The molecule has 22 heavy (non-hydrogen) atoms. The van der Waals surface area contributed by atoms with Crippen LogP contribution in [0.25, 0.3) is 11.1 Å². The fraction of sp³-hybridized carbons (Fsp3) is 0.273. The molecule has 0 aliphatic heterocycles. The van der Waals surface area contributed by atoms with Crippen molar-refractivity contribution in [3.63, 3.8) is 0 Å². The topological polar surface area (TPSA) is 0 Å². The van der Waals surface area contributed by atoms with E-state index in [0.29, 0.717) is 11.8 Å². The monoisotopic (exact) mass is 286 g/mol. The van der Waals surface area contributed by atoms with Crippen molar-refractivity contribution in [3.8, 4) is 0 Å². The van der Waals surface area contributed by atoms with Gasteiger partial charge in [-0.25, -0.2) is 0 Å². The first-order chi connectivity index (χ1) is 10.7. The van der Waals surface area contributed by atoms with Crippen molar-refractivity contribution in [2.24, 2.45) is 5.92 Å². The number of hydrogen-bond donors (Lipinski definition) is 0. The SMILES string of the molecule is C=C1C(CC2Cc3ccccc3C2C)=C(C)c2ccccc21. The average molecular weight is 286 g/mol. The fourth-order valence-corrected chi connectivity index (χ4v) is 4.29. The minimum absolute atomic E-state index is 0.646. The van der Waals surface area contributed by atoms with E-state index in [1.165, 1.54) is 34.3 Å². The van der Waals surface area contributed by atoms with Gasteiger partial charge in [0, 0.05) is 0 Å². The van der Waals surface area contributed by atoms with Crippen molar-refractivity contribution in [1.29, 1.82) is 0 Å². The van der Waals surface area contributed by atoms with Crippen LogP contribution in [0, 0.1) is 5.92 Å². The fourth-order valence-electron chi connectivity index (χ4n) is 4.29. The highest BCUT2D eigenvalue weighted by molar-refractivity contribution is 5.98. The van der Waals surface area contributed by atoms with Crippen LogP contribution in [0.1, 0.15) is 48.4 Å². The van der Waals surface area contributed by atoms with Gasteiger partial charge in [-0.05, 0) is 70.6 Å². The Morgan fingerprint density at radius 3 is 2.41 bits per heavy atom. The molecule has 110 valence electrons. The second-order valence-electron chi connectivity index (χ2n) is 6.78. The lowest BCUT2D eigenvalue weighted by atomic mass is 9.86. The van der Waals surface area contributed by atoms with Crippen LogP contribution in [0.5, 0.6) is 0 Å². The molecule has 0 saturated carbocycles. The summed E-state index contributed by atoms with van der Waals surface area (Å²) in [6.07, 6.45) is 2.35. The van der Waals surface area contributed by atoms with Gasteiger partial charge in [-0.2, -0.15) is 0 Å². The largest absolute Gasteiger partial charge is 0.0909 e. The van der Waals surface area contributed by atoms with Crippen LogP contribution in [0.4, 0.5) is 0 Å². The van der Waals surface area contributed by atoms with Gasteiger partial charge in [0.2, 0.25) is 0 Å². The standard InChI is InChI=1S/C22H22/c1-14-18(12-17-8-4-5-9-19(14)17)13-22-15(2)20-10-6-7-11-21(20)16(22)3/h4-11,14,18H,2,12-13H2,1,3H3. The summed E-state index contributed by atoms with van der Waals surface area (Å²) in [4.78, 5) is 0. The van der Waals surface area contributed by atoms with Gasteiger partial charge in [0.25, 0.3) is 0 Å². The zero-order valence-electron chi connectivity index (χ0n) is 13.4. The van der Waals surface area contributed by atoms with Crippen molar-refractivity contribution in [2.45, 2.75) is 32.6 Å². The highest BCUT2D eigenvalue weighted by Crippen LogP contribution is 2.47. The predicted molar refractivity (Wildman–Crippen MR) is 94.7 cm³/mol. The van der Waals surface area contributed by atoms with Crippen LogP contribution < -0.4 is 0 Å². The Morgan fingerprint density at radius 1 is 1.00 bits per heavy atom. The maximum absolute atomic E-state index is 4.39. The molecule has 2 atom stereocenters. The summed E-state index contributed by atoms with van der Waals surface area (Å²) in [5.74, 6) is 1.35. The minimum Gasteiger partial charge on any atom is -0.0909 e. The third kappa shape index (κ3) is 1.90. The number of hydrogen-bond acceptors (Lipinski definition) is 0. The molecule has 2 aromatic rings. The molecule has 2 aliphatic rings. The number of rotatable bonds is 2. The zero-order valence-corrected chi connectivity index (χ0v) is 13.4. The molecule has 0 N–H and O–H groups in total. The third-order valence-electron chi connectivity index (χ3n) is 5.67. The lowest BCUT2D eigenvalue weighted by Gasteiger charge is -2.18. The van der Waals surface area contributed by atoms with Crippen molar-refractivity contribution in [3.05, 3.63) is 82.9 Å². The summed E-state index contributed by atoms with van der Waals surface area (Å²) in [6, 6.07) is 17.6. The van der Waals surface area contributed by atoms with Gasteiger partial charge in [-0.1, -0.05) is 62.0 Å². The maximum Gasteiger partial charge on any atom is -0.0112 e. The van der Waals surface area contributed by atoms with Gasteiger partial charge in [0.1, 0.15) is 0 Å². The first-order valence-electron chi connectivity index (χ1n) is 8.23. The van der Waals surface area contributed by atoms with Crippen LogP contribution in [0.3, 0.4) is 0 Å². The smallest absolute Gasteiger partial charge is 0.0112 e. The minimum atomic E-state index is 0.646. The van der Waals surface area contributed by atoms with E-state index in [4.69, 9.17) is 0 Å². The first kappa shape index (κ1) is 13.6. The summed E-state index contributed by atoms with van der Waals surface area (Å²) in [5.41, 5.74) is 9.96. The molecule has 2 aliphatic carbocycles. The van der Waals surface area contributed by atoms with Crippen molar-refractivity contribution >= 4 is 11.1 Å². The van der Waals surface area contributed by atoms with E-state index >= 15 is 0 Å². The average Bonchev–Trinajstić information content (AvgIpc) is 2.99. The van der Waals surface area contributed by atoms with Gasteiger partial charge in [0.15, 0.2) is 0 Å². The predicted octanol–water partition coefficient (Wildman–Crippen LogP) is 5.85.